The quantitative estimate of drug-likeness (QED) is 0.659. The van der Waals surface area contributed by atoms with Crippen LogP contribution in [-0.2, 0) is 16.0 Å². The molecule has 0 spiro atoms. The molecule has 1 amide bonds. The number of hydrogen-bond donors (Lipinski definition) is 2. The van der Waals surface area contributed by atoms with E-state index in [1.807, 2.05) is 24.3 Å². The zero-order valence-electron chi connectivity index (χ0n) is 13.3. The summed E-state index contributed by atoms with van der Waals surface area (Å²) in [5.41, 5.74) is 2.33. The van der Waals surface area contributed by atoms with Crippen molar-refractivity contribution in [3.8, 4) is 0 Å². The molecule has 1 aromatic carbocycles. The minimum absolute atomic E-state index is 0.134. The minimum Gasteiger partial charge on any atom is -0.548 e. The summed E-state index contributed by atoms with van der Waals surface area (Å²) in [7, 11) is 0. The third-order valence-electron chi connectivity index (χ3n) is 3.79. The first-order valence-corrected chi connectivity index (χ1v) is 7.79. The maximum absolute atomic E-state index is 12.0. The highest BCUT2D eigenvalue weighted by Crippen LogP contribution is 2.19. The number of fused-ring (bicyclic) bond motifs is 1. The van der Waals surface area contributed by atoms with E-state index >= 15 is 0 Å². The molecule has 0 radical (unpaired) electrons. The predicted molar refractivity (Wildman–Crippen MR) is 92.2 cm³/mol. The minimum atomic E-state index is -1.33. The molecule has 6 nitrogen and oxygen atoms in total. The Morgan fingerprint density at radius 2 is 2.00 bits per heavy atom. The van der Waals surface area contributed by atoms with E-state index in [1.54, 1.807) is 30.6 Å². The zero-order valence-corrected chi connectivity index (χ0v) is 13.3. The van der Waals surface area contributed by atoms with E-state index in [0.29, 0.717) is 5.69 Å². The summed E-state index contributed by atoms with van der Waals surface area (Å²) in [4.78, 5) is 30.5. The number of carbonyl (C=O) groups excluding carboxylic acids is 2. The SMILES string of the molecule is O=C(/C=C/c1ccccn1)N[C@@H](Cc1c[nH]c2ccccc12)C(=O)[O-]. The number of carboxylic acid groups (broad SMARTS) is 1. The van der Waals surface area contributed by atoms with Crippen molar-refractivity contribution >= 4 is 28.9 Å². The summed E-state index contributed by atoms with van der Waals surface area (Å²) in [6.45, 7) is 0. The molecule has 0 aliphatic rings. The number of H-pyrrole nitrogens is 1. The maximum Gasteiger partial charge on any atom is 0.244 e. The van der Waals surface area contributed by atoms with Crippen molar-refractivity contribution in [2.24, 2.45) is 0 Å². The van der Waals surface area contributed by atoms with E-state index in [1.165, 1.54) is 12.2 Å². The molecule has 2 aromatic heterocycles. The molecule has 0 unspecified atom stereocenters. The monoisotopic (exact) mass is 334 g/mol. The van der Waals surface area contributed by atoms with Gasteiger partial charge >= 0.3 is 0 Å². The van der Waals surface area contributed by atoms with E-state index < -0.39 is 17.9 Å². The Kier molecular flexibility index (Phi) is 4.89. The summed E-state index contributed by atoms with van der Waals surface area (Å²) in [6, 6.07) is 11.8. The van der Waals surface area contributed by atoms with Crippen LogP contribution in [0.2, 0.25) is 0 Å². The number of rotatable bonds is 6. The van der Waals surface area contributed by atoms with Crippen LogP contribution in [0.3, 0.4) is 0 Å². The van der Waals surface area contributed by atoms with Gasteiger partial charge in [-0.2, -0.15) is 0 Å². The third-order valence-corrected chi connectivity index (χ3v) is 3.79. The van der Waals surface area contributed by atoms with E-state index in [-0.39, 0.29) is 6.42 Å². The number of aliphatic carboxylic acids is 1. The molecule has 0 saturated heterocycles. The summed E-state index contributed by atoms with van der Waals surface area (Å²) in [5.74, 6) is -1.84. The second kappa shape index (κ2) is 7.44. The molecule has 0 aliphatic carbocycles. The number of carbonyl (C=O) groups is 2. The van der Waals surface area contributed by atoms with Gasteiger partial charge in [-0.05, 0) is 29.8 Å². The van der Waals surface area contributed by atoms with Gasteiger partial charge in [-0.3, -0.25) is 9.78 Å². The van der Waals surface area contributed by atoms with Crippen LogP contribution < -0.4 is 10.4 Å². The molecular weight excluding hydrogens is 318 g/mol. The largest absolute Gasteiger partial charge is 0.548 e. The zero-order chi connectivity index (χ0) is 17.6. The number of benzene rings is 1. The Hall–Kier alpha value is -3.41. The number of nitrogens with zero attached hydrogens (tertiary/aromatic N) is 1. The van der Waals surface area contributed by atoms with E-state index in [0.717, 1.165) is 16.5 Å². The summed E-state index contributed by atoms with van der Waals surface area (Å²) in [6.07, 6.45) is 6.27. The second-order valence-corrected chi connectivity index (χ2v) is 5.53. The van der Waals surface area contributed by atoms with Gasteiger partial charge in [-0.1, -0.05) is 24.3 Å². The van der Waals surface area contributed by atoms with Crippen molar-refractivity contribution in [1.29, 1.82) is 0 Å². The molecule has 6 heteroatoms. The number of pyridine rings is 1. The maximum atomic E-state index is 12.0. The highest BCUT2D eigenvalue weighted by molar-refractivity contribution is 5.94. The standard InChI is InChI=1S/C19H17N3O3/c23-18(9-8-14-5-3-4-10-20-14)22-17(19(24)25)11-13-12-21-16-7-2-1-6-15(13)16/h1-10,12,17,21H,11H2,(H,22,23)(H,24,25)/p-1/b9-8+/t17-/m0/s1. The lowest BCUT2D eigenvalue weighted by atomic mass is 10.0. The highest BCUT2D eigenvalue weighted by atomic mass is 16.4. The van der Waals surface area contributed by atoms with Crippen LogP contribution in [0.1, 0.15) is 11.3 Å². The van der Waals surface area contributed by atoms with Gasteiger partial charge in [0.15, 0.2) is 0 Å². The summed E-state index contributed by atoms with van der Waals surface area (Å²) in [5, 5.41) is 14.8. The van der Waals surface area contributed by atoms with Gasteiger partial charge in [0, 0.05) is 35.8 Å². The van der Waals surface area contributed by atoms with Crippen molar-refractivity contribution in [1.82, 2.24) is 15.3 Å². The average molecular weight is 334 g/mol. The first-order valence-electron chi connectivity index (χ1n) is 7.79. The molecule has 1 atom stereocenters. The summed E-state index contributed by atoms with van der Waals surface area (Å²) >= 11 is 0. The lowest BCUT2D eigenvalue weighted by Crippen LogP contribution is -2.48. The first-order chi connectivity index (χ1) is 12.1. The van der Waals surface area contributed by atoms with Crippen molar-refractivity contribution in [3.05, 3.63) is 72.2 Å². The van der Waals surface area contributed by atoms with Gasteiger partial charge in [0.2, 0.25) is 5.91 Å². The van der Waals surface area contributed by atoms with Crippen LogP contribution in [-0.4, -0.2) is 27.9 Å². The molecule has 3 aromatic rings. The molecule has 0 saturated carbocycles. The van der Waals surface area contributed by atoms with Crippen molar-refractivity contribution < 1.29 is 14.7 Å². The molecule has 0 bridgehead atoms. The van der Waals surface area contributed by atoms with Crippen molar-refractivity contribution in [2.45, 2.75) is 12.5 Å². The van der Waals surface area contributed by atoms with Gasteiger partial charge in [-0.15, -0.1) is 0 Å². The average Bonchev–Trinajstić information content (AvgIpc) is 3.03. The van der Waals surface area contributed by atoms with Gasteiger partial charge in [0.05, 0.1) is 17.7 Å². The third kappa shape index (κ3) is 4.11. The Morgan fingerprint density at radius 3 is 2.76 bits per heavy atom. The lowest BCUT2D eigenvalue weighted by Gasteiger charge is -2.18. The van der Waals surface area contributed by atoms with Gasteiger partial charge < -0.3 is 20.2 Å². The number of nitrogens with one attached hydrogen (secondary N) is 2. The fraction of sp³-hybridized carbons (Fsp3) is 0.105. The van der Waals surface area contributed by atoms with Crippen LogP contribution in [0, 0.1) is 0 Å². The molecule has 2 N–H and O–H groups in total. The van der Waals surface area contributed by atoms with Crippen LogP contribution in [0.25, 0.3) is 17.0 Å². The van der Waals surface area contributed by atoms with Crippen molar-refractivity contribution in [2.75, 3.05) is 0 Å². The van der Waals surface area contributed by atoms with Crippen LogP contribution in [0.5, 0.6) is 0 Å². The fourth-order valence-electron chi connectivity index (χ4n) is 2.57. The number of amides is 1. The number of carboxylic acids is 1. The molecule has 3 rings (SSSR count). The predicted octanol–water partition coefficient (Wildman–Crippen LogP) is 1.05. The number of para-hydroxylation sites is 1. The van der Waals surface area contributed by atoms with Gasteiger partial charge in [0.1, 0.15) is 0 Å². The topological polar surface area (TPSA) is 97.9 Å². The molecular formula is C19H16N3O3-. The summed E-state index contributed by atoms with van der Waals surface area (Å²) < 4.78 is 0. The number of hydrogen-bond acceptors (Lipinski definition) is 4. The molecule has 0 fully saturated rings. The van der Waals surface area contributed by atoms with Gasteiger partial charge in [0.25, 0.3) is 0 Å². The molecule has 2 heterocycles. The Bertz CT molecular complexity index is 916. The molecule has 126 valence electrons. The highest BCUT2D eigenvalue weighted by Gasteiger charge is 2.15. The lowest BCUT2D eigenvalue weighted by molar-refractivity contribution is -0.308. The normalized spacial score (nSPS) is 12.3. The smallest absolute Gasteiger partial charge is 0.244 e. The van der Waals surface area contributed by atoms with Crippen LogP contribution in [0.4, 0.5) is 0 Å². The molecule has 25 heavy (non-hydrogen) atoms. The Morgan fingerprint density at radius 1 is 1.20 bits per heavy atom. The first kappa shape index (κ1) is 16.4. The van der Waals surface area contributed by atoms with E-state index in [2.05, 4.69) is 15.3 Å². The number of aromatic amines is 1. The van der Waals surface area contributed by atoms with Gasteiger partial charge in [-0.25, -0.2) is 0 Å². The second-order valence-electron chi connectivity index (χ2n) is 5.53. The van der Waals surface area contributed by atoms with E-state index in [4.69, 9.17) is 0 Å². The van der Waals surface area contributed by atoms with Crippen molar-refractivity contribution in [3.63, 3.8) is 0 Å². The Balaban J connectivity index is 1.70. The Labute approximate surface area is 144 Å². The fourth-order valence-corrected chi connectivity index (χ4v) is 2.57. The van der Waals surface area contributed by atoms with Crippen LogP contribution >= 0.6 is 0 Å². The number of aromatic nitrogens is 2. The van der Waals surface area contributed by atoms with E-state index in [9.17, 15) is 14.7 Å². The van der Waals surface area contributed by atoms with Crippen LogP contribution in [0.15, 0.2) is 60.9 Å². The molecule has 0 aliphatic heterocycles.